The minimum atomic E-state index is -0.346. The Morgan fingerprint density at radius 2 is 1.41 bits per heavy atom. The highest BCUT2D eigenvalue weighted by Crippen LogP contribution is 2.12. The Hall–Kier alpha value is -3.44. The second-order valence-electron chi connectivity index (χ2n) is 5.65. The zero-order chi connectivity index (χ0) is 19.1. The molecule has 0 heterocycles. The van der Waals surface area contributed by atoms with E-state index >= 15 is 0 Å². The van der Waals surface area contributed by atoms with Gasteiger partial charge in [0.2, 0.25) is 0 Å². The molecule has 0 aliphatic rings. The Morgan fingerprint density at radius 1 is 0.778 bits per heavy atom. The van der Waals surface area contributed by atoms with E-state index in [0.29, 0.717) is 21.8 Å². The van der Waals surface area contributed by atoms with E-state index in [9.17, 15) is 9.59 Å². The van der Waals surface area contributed by atoms with Crippen LogP contribution in [0.5, 0.6) is 0 Å². The molecule has 0 fully saturated rings. The Morgan fingerprint density at radius 3 is 2.07 bits per heavy atom. The average molecular weight is 378 g/mol. The number of hydrogen-bond acceptors (Lipinski definition) is 3. The number of halogens is 1. The summed E-state index contributed by atoms with van der Waals surface area (Å²) in [5, 5.41) is 7.34. The number of hydrogen-bond donors (Lipinski definition) is 2. The Balaban J connectivity index is 1.57. The van der Waals surface area contributed by atoms with Crippen molar-refractivity contribution in [2.24, 2.45) is 5.10 Å². The summed E-state index contributed by atoms with van der Waals surface area (Å²) in [5.41, 5.74) is 4.88. The van der Waals surface area contributed by atoms with Crippen molar-refractivity contribution in [3.8, 4) is 0 Å². The third-order valence-electron chi connectivity index (χ3n) is 3.69. The molecule has 0 spiro atoms. The molecule has 2 N–H and O–H groups in total. The van der Waals surface area contributed by atoms with Crippen LogP contribution in [0.4, 0.5) is 5.69 Å². The molecule has 6 heteroatoms. The summed E-state index contributed by atoms with van der Waals surface area (Å²) in [6.07, 6.45) is 1.53. The number of nitrogens with one attached hydrogen (secondary N) is 2. The van der Waals surface area contributed by atoms with E-state index in [1.807, 2.05) is 6.07 Å². The largest absolute Gasteiger partial charge is 0.322 e. The summed E-state index contributed by atoms with van der Waals surface area (Å²) in [6.45, 7) is 0. The van der Waals surface area contributed by atoms with Crippen molar-refractivity contribution < 1.29 is 9.59 Å². The maximum atomic E-state index is 12.1. The van der Waals surface area contributed by atoms with Crippen LogP contribution in [0.3, 0.4) is 0 Å². The van der Waals surface area contributed by atoms with Crippen molar-refractivity contribution in [3.63, 3.8) is 0 Å². The molecule has 27 heavy (non-hydrogen) atoms. The molecule has 0 aromatic heterocycles. The van der Waals surface area contributed by atoms with Crippen molar-refractivity contribution >= 4 is 35.3 Å². The van der Waals surface area contributed by atoms with E-state index in [1.54, 1.807) is 72.8 Å². The van der Waals surface area contributed by atoms with Gasteiger partial charge in [-0.25, -0.2) is 5.43 Å². The number of carbonyl (C=O) groups is 2. The monoisotopic (exact) mass is 377 g/mol. The van der Waals surface area contributed by atoms with Crippen LogP contribution >= 0.6 is 11.6 Å². The summed E-state index contributed by atoms with van der Waals surface area (Å²) in [5.74, 6) is -0.554. The van der Waals surface area contributed by atoms with Crippen LogP contribution in [0, 0.1) is 0 Å². The lowest BCUT2D eigenvalue weighted by Gasteiger charge is -2.06. The van der Waals surface area contributed by atoms with E-state index in [2.05, 4.69) is 15.8 Å². The highest BCUT2D eigenvalue weighted by Gasteiger charge is 2.07. The van der Waals surface area contributed by atoms with Crippen LogP contribution in [0.1, 0.15) is 26.3 Å². The molecule has 0 radical (unpaired) electrons. The van der Waals surface area contributed by atoms with Gasteiger partial charge in [-0.15, -0.1) is 0 Å². The van der Waals surface area contributed by atoms with Crippen LogP contribution in [-0.2, 0) is 0 Å². The second-order valence-corrected chi connectivity index (χ2v) is 6.08. The fourth-order valence-electron chi connectivity index (χ4n) is 2.28. The first-order valence-corrected chi connectivity index (χ1v) is 8.55. The van der Waals surface area contributed by atoms with E-state index in [0.717, 1.165) is 5.56 Å². The van der Waals surface area contributed by atoms with Gasteiger partial charge in [-0.05, 0) is 54.1 Å². The molecule has 3 rings (SSSR count). The zero-order valence-electron chi connectivity index (χ0n) is 14.2. The summed E-state index contributed by atoms with van der Waals surface area (Å²) >= 11 is 5.81. The molecule has 0 atom stereocenters. The van der Waals surface area contributed by atoms with Gasteiger partial charge in [0, 0.05) is 21.8 Å². The molecule has 0 unspecified atom stereocenters. The number of hydrazone groups is 1. The van der Waals surface area contributed by atoms with Crippen LogP contribution in [-0.4, -0.2) is 18.0 Å². The quantitative estimate of drug-likeness (QED) is 0.512. The van der Waals surface area contributed by atoms with Gasteiger partial charge >= 0.3 is 0 Å². The Labute approximate surface area is 161 Å². The lowest BCUT2D eigenvalue weighted by Crippen LogP contribution is -2.17. The molecule has 2 amide bonds. The van der Waals surface area contributed by atoms with Gasteiger partial charge in [0.05, 0.1) is 6.21 Å². The third kappa shape index (κ3) is 5.26. The third-order valence-corrected chi connectivity index (χ3v) is 3.94. The fourth-order valence-corrected chi connectivity index (χ4v) is 2.40. The van der Waals surface area contributed by atoms with Crippen molar-refractivity contribution in [1.29, 1.82) is 0 Å². The maximum absolute atomic E-state index is 12.1. The fraction of sp³-hybridized carbons (Fsp3) is 0. The standard InChI is InChI=1S/C21H16ClN3O2/c22-18-10-6-15(7-11-18)14-23-25-21(27)17-8-12-19(13-9-17)24-20(26)16-4-2-1-3-5-16/h1-14H,(H,24,26)(H,25,27). The SMILES string of the molecule is O=C(NN=Cc1ccc(Cl)cc1)c1ccc(NC(=O)c2ccccc2)cc1. The van der Waals surface area contributed by atoms with Crippen molar-refractivity contribution in [3.05, 3.63) is 101 Å². The van der Waals surface area contributed by atoms with Gasteiger partial charge in [0.1, 0.15) is 0 Å². The highest BCUT2D eigenvalue weighted by atomic mass is 35.5. The minimum Gasteiger partial charge on any atom is -0.322 e. The zero-order valence-corrected chi connectivity index (χ0v) is 15.0. The van der Waals surface area contributed by atoms with Gasteiger partial charge < -0.3 is 5.32 Å². The predicted molar refractivity (Wildman–Crippen MR) is 107 cm³/mol. The molecule has 3 aromatic rings. The number of benzene rings is 3. The van der Waals surface area contributed by atoms with Crippen LogP contribution in [0.25, 0.3) is 0 Å². The normalized spacial score (nSPS) is 10.6. The van der Waals surface area contributed by atoms with Gasteiger partial charge in [0.25, 0.3) is 11.8 Å². The Bertz CT molecular complexity index is 953. The van der Waals surface area contributed by atoms with Crippen molar-refractivity contribution in [2.75, 3.05) is 5.32 Å². The first-order valence-electron chi connectivity index (χ1n) is 8.17. The molecule has 0 bridgehead atoms. The molecule has 0 saturated heterocycles. The van der Waals surface area contributed by atoms with Crippen LogP contribution in [0.2, 0.25) is 5.02 Å². The van der Waals surface area contributed by atoms with Gasteiger partial charge in [-0.3, -0.25) is 9.59 Å². The first kappa shape index (κ1) is 18.4. The number of carbonyl (C=O) groups excluding carboxylic acids is 2. The highest BCUT2D eigenvalue weighted by molar-refractivity contribution is 6.30. The van der Waals surface area contributed by atoms with Gasteiger partial charge in [0.15, 0.2) is 0 Å². The summed E-state index contributed by atoms with van der Waals surface area (Å²) < 4.78 is 0. The topological polar surface area (TPSA) is 70.6 Å². The second kappa shape index (κ2) is 8.78. The molecule has 134 valence electrons. The molecule has 0 saturated carbocycles. The summed E-state index contributed by atoms with van der Waals surface area (Å²) in [6, 6.07) is 22.6. The molecule has 3 aromatic carbocycles. The molecular weight excluding hydrogens is 362 g/mol. The van der Waals surface area contributed by atoms with Gasteiger partial charge in [-0.1, -0.05) is 41.9 Å². The summed E-state index contributed by atoms with van der Waals surface area (Å²) in [7, 11) is 0. The van der Waals surface area contributed by atoms with Crippen molar-refractivity contribution in [1.82, 2.24) is 5.43 Å². The number of anilines is 1. The molecular formula is C21H16ClN3O2. The summed E-state index contributed by atoms with van der Waals surface area (Å²) in [4.78, 5) is 24.2. The number of rotatable bonds is 5. The van der Waals surface area contributed by atoms with E-state index in [-0.39, 0.29) is 11.8 Å². The van der Waals surface area contributed by atoms with Crippen molar-refractivity contribution in [2.45, 2.75) is 0 Å². The van der Waals surface area contributed by atoms with Crippen LogP contribution in [0.15, 0.2) is 84.0 Å². The Kier molecular flexibility index (Phi) is 5.97. The van der Waals surface area contributed by atoms with E-state index in [1.165, 1.54) is 6.21 Å². The average Bonchev–Trinajstić information content (AvgIpc) is 2.70. The first-order chi connectivity index (χ1) is 13.1. The van der Waals surface area contributed by atoms with E-state index in [4.69, 9.17) is 11.6 Å². The molecule has 0 aliphatic carbocycles. The lowest BCUT2D eigenvalue weighted by molar-refractivity contribution is 0.0954. The van der Waals surface area contributed by atoms with Crippen LogP contribution < -0.4 is 10.7 Å². The molecule has 5 nitrogen and oxygen atoms in total. The van der Waals surface area contributed by atoms with Gasteiger partial charge in [-0.2, -0.15) is 5.10 Å². The minimum absolute atomic E-state index is 0.208. The lowest BCUT2D eigenvalue weighted by atomic mass is 10.1. The van der Waals surface area contributed by atoms with E-state index < -0.39 is 0 Å². The predicted octanol–water partition coefficient (Wildman–Crippen LogP) is 4.36. The number of nitrogens with zero attached hydrogens (tertiary/aromatic N) is 1. The smallest absolute Gasteiger partial charge is 0.271 e. The molecule has 0 aliphatic heterocycles. The number of amides is 2. The maximum Gasteiger partial charge on any atom is 0.271 e.